The van der Waals surface area contributed by atoms with E-state index in [1.807, 2.05) is 20.8 Å². The first-order chi connectivity index (χ1) is 11.8. The van der Waals surface area contributed by atoms with Crippen LogP contribution < -0.4 is 0 Å². The van der Waals surface area contributed by atoms with Crippen molar-refractivity contribution in [2.24, 2.45) is 16.3 Å². The molecule has 1 fully saturated rings. The Bertz CT molecular complexity index is 653. The summed E-state index contributed by atoms with van der Waals surface area (Å²) in [6, 6.07) is 6.62. The number of benzene rings is 1. The molecule has 1 aliphatic carbocycles. The van der Waals surface area contributed by atoms with Crippen LogP contribution in [-0.4, -0.2) is 30.4 Å². The average molecular weight is 343 g/mol. The zero-order valence-corrected chi connectivity index (χ0v) is 15.1. The Morgan fingerprint density at radius 3 is 2.36 bits per heavy atom. The number of unbranched alkanes of at least 4 members (excludes halogenated alkanes) is 1. The van der Waals surface area contributed by atoms with Gasteiger partial charge in [-0.3, -0.25) is 14.6 Å². The van der Waals surface area contributed by atoms with Crippen LogP contribution >= 0.6 is 0 Å². The molecule has 0 radical (unpaired) electrons. The first kappa shape index (κ1) is 19.0. The zero-order chi connectivity index (χ0) is 18.4. The maximum Gasteiger partial charge on any atom is 0.338 e. The van der Waals surface area contributed by atoms with Gasteiger partial charge in [-0.25, -0.2) is 4.79 Å². The van der Waals surface area contributed by atoms with Gasteiger partial charge < -0.3 is 4.74 Å². The third kappa shape index (κ3) is 5.34. The van der Waals surface area contributed by atoms with Crippen molar-refractivity contribution in [1.29, 1.82) is 0 Å². The number of rotatable bonds is 6. The molecule has 0 aliphatic heterocycles. The largest absolute Gasteiger partial charge is 0.462 e. The number of carbonyl (C=O) groups is 3. The number of hydrogen-bond donors (Lipinski definition) is 0. The van der Waals surface area contributed by atoms with Gasteiger partial charge in [0.1, 0.15) is 17.5 Å². The molecule has 5 nitrogen and oxygen atoms in total. The molecule has 1 aromatic carbocycles. The monoisotopic (exact) mass is 343 g/mol. The van der Waals surface area contributed by atoms with Gasteiger partial charge in [-0.2, -0.15) is 0 Å². The highest BCUT2D eigenvalue weighted by Gasteiger charge is 2.38. The molecule has 1 aliphatic rings. The second-order valence-electron chi connectivity index (χ2n) is 7.24. The smallest absolute Gasteiger partial charge is 0.338 e. The quantitative estimate of drug-likeness (QED) is 0.340. The number of ether oxygens (including phenoxy) is 1. The normalized spacial score (nSPS) is 17.9. The summed E-state index contributed by atoms with van der Waals surface area (Å²) in [6.07, 6.45) is 4.01. The van der Waals surface area contributed by atoms with Crippen molar-refractivity contribution in [3.05, 3.63) is 29.8 Å². The van der Waals surface area contributed by atoms with Gasteiger partial charge in [0, 0.05) is 19.1 Å². The Labute approximate surface area is 148 Å². The predicted octanol–water partition coefficient (Wildman–Crippen LogP) is 3.92. The molecule has 2 rings (SSSR count). The van der Waals surface area contributed by atoms with Gasteiger partial charge >= 0.3 is 5.97 Å². The van der Waals surface area contributed by atoms with Crippen LogP contribution in [0.4, 0.5) is 5.69 Å². The molecule has 1 saturated carbocycles. The van der Waals surface area contributed by atoms with Gasteiger partial charge in [0.05, 0.1) is 17.9 Å². The molecule has 5 heteroatoms. The second kappa shape index (κ2) is 8.19. The molecule has 134 valence electrons. The number of nitrogens with zero attached hydrogens (tertiary/aromatic N) is 1. The summed E-state index contributed by atoms with van der Waals surface area (Å²) in [5, 5.41) is 0. The first-order valence-electron chi connectivity index (χ1n) is 8.69. The van der Waals surface area contributed by atoms with Crippen molar-refractivity contribution in [2.75, 3.05) is 6.61 Å². The topological polar surface area (TPSA) is 72.8 Å². The molecule has 0 atom stereocenters. The van der Waals surface area contributed by atoms with E-state index < -0.39 is 5.92 Å². The van der Waals surface area contributed by atoms with Crippen LogP contribution in [0.25, 0.3) is 0 Å². The van der Waals surface area contributed by atoms with Crippen molar-refractivity contribution in [1.82, 2.24) is 0 Å². The molecular weight excluding hydrogens is 318 g/mol. The molecule has 0 amide bonds. The van der Waals surface area contributed by atoms with E-state index in [0.717, 1.165) is 12.8 Å². The summed E-state index contributed by atoms with van der Waals surface area (Å²) in [5.74, 6) is -1.28. The maximum absolute atomic E-state index is 12.1. The minimum atomic E-state index is -0.758. The Balaban J connectivity index is 1.99. The summed E-state index contributed by atoms with van der Waals surface area (Å²) >= 11 is 0. The predicted molar refractivity (Wildman–Crippen MR) is 96.3 cm³/mol. The van der Waals surface area contributed by atoms with Crippen LogP contribution in [0.2, 0.25) is 0 Å². The van der Waals surface area contributed by atoms with E-state index in [9.17, 15) is 14.4 Å². The van der Waals surface area contributed by atoms with Gasteiger partial charge in [0.2, 0.25) is 0 Å². The lowest BCUT2D eigenvalue weighted by Crippen LogP contribution is -2.38. The zero-order valence-electron chi connectivity index (χ0n) is 15.1. The van der Waals surface area contributed by atoms with Crippen molar-refractivity contribution >= 4 is 29.4 Å². The molecule has 0 unspecified atom stereocenters. The summed E-state index contributed by atoms with van der Waals surface area (Å²) in [7, 11) is 0. The molecule has 0 N–H and O–H groups in total. The molecule has 0 bridgehead atoms. The lowest BCUT2D eigenvalue weighted by Gasteiger charge is -2.30. The summed E-state index contributed by atoms with van der Waals surface area (Å²) in [5.41, 5.74) is 0.787. The molecule has 0 heterocycles. The molecular formula is C20H25NO4. The summed E-state index contributed by atoms with van der Waals surface area (Å²) < 4.78 is 5.14. The van der Waals surface area contributed by atoms with E-state index in [1.165, 1.54) is 6.21 Å². The fourth-order valence-corrected chi connectivity index (χ4v) is 2.81. The van der Waals surface area contributed by atoms with E-state index in [1.54, 1.807) is 24.3 Å². The van der Waals surface area contributed by atoms with Gasteiger partial charge in [-0.05, 0) is 36.1 Å². The lowest BCUT2D eigenvalue weighted by molar-refractivity contribution is -0.136. The lowest BCUT2D eigenvalue weighted by atomic mass is 9.72. The molecule has 25 heavy (non-hydrogen) atoms. The number of hydrogen-bond acceptors (Lipinski definition) is 5. The highest BCUT2D eigenvalue weighted by Crippen LogP contribution is 2.33. The number of carbonyl (C=O) groups excluding carboxylic acids is 3. The maximum atomic E-state index is 12.1. The number of aliphatic imine (C=N–C) groups is 1. The van der Waals surface area contributed by atoms with Crippen molar-refractivity contribution in [3.8, 4) is 0 Å². The van der Waals surface area contributed by atoms with Gasteiger partial charge in [-0.15, -0.1) is 0 Å². The van der Waals surface area contributed by atoms with Gasteiger partial charge in [0.25, 0.3) is 0 Å². The number of Topliss-reactive ketones (excluding diaryl/α,β-unsaturated/α-hetero) is 2. The van der Waals surface area contributed by atoms with Crippen LogP contribution in [0.3, 0.4) is 0 Å². The molecule has 0 saturated heterocycles. The van der Waals surface area contributed by atoms with Crippen LogP contribution in [0.5, 0.6) is 0 Å². The highest BCUT2D eigenvalue weighted by molar-refractivity contribution is 6.16. The van der Waals surface area contributed by atoms with Crippen molar-refractivity contribution in [3.63, 3.8) is 0 Å². The van der Waals surface area contributed by atoms with E-state index in [-0.39, 0.29) is 23.0 Å². The van der Waals surface area contributed by atoms with E-state index in [4.69, 9.17) is 4.74 Å². The van der Waals surface area contributed by atoms with Crippen molar-refractivity contribution < 1.29 is 19.1 Å². The summed E-state index contributed by atoms with van der Waals surface area (Å²) in [4.78, 5) is 40.3. The van der Waals surface area contributed by atoms with Crippen LogP contribution in [0, 0.1) is 11.3 Å². The Morgan fingerprint density at radius 1 is 1.20 bits per heavy atom. The van der Waals surface area contributed by atoms with Gasteiger partial charge in [-0.1, -0.05) is 27.2 Å². The minimum Gasteiger partial charge on any atom is -0.462 e. The first-order valence-corrected chi connectivity index (χ1v) is 8.69. The van der Waals surface area contributed by atoms with E-state index in [0.29, 0.717) is 30.7 Å². The van der Waals surface area contributed by atoms with Crippen molar-refractivity contribution in [2.45, 2.75) is 46.5 Å². The molecule has 1 aromatic rings. The second-order valence-corrected chi connectivity index (χ2v) is 7.24. The fourth-order valence-electron chi connectivity index (χ4n) is 2.81. The summed E-state index contributed by atoms with van der Waals surface area (Å²) in [6.45, 7) is 6.30. The van der Waals surface area contributed by atoms with E-state index >= 15 is 0 Å². The Hall–Kier alpha value is -2.30. The fraction of sp³-hybridized carbons (Fsp3) is 0.500. The van der Waals surface area contributed by atoms with Crippen LogP contribution in [0.15, 0.2) is 29.3 Å². The third-order valence-electron chi connectivity index (χ3n) is 4.21. The average Bonchev–Trinajstić information content (AvgIpc) is 2.53. The highest BCUT2D eigenvalue weighted by atomic mass is 16.5. The number of ketones is 2. The number of esters is 1. The molecule has 0 spiro atoms. The SMILES string of the molecule is CCCCOC(=O)c1ccc(N=CC2C(=O)CC(C)(C)CC2=O)cc1. The molecule has 0 aromatic heterocycles. The van der Waals surface area contributed by atoms with E-state index in [2.05, 4.69) is 4.99 Å². The Morgan fingerprint density at radius 2 is 1.80 bits per heavy atom. The van der Waals surface area contributed by atoms with Crippen LogP contribution in [0.1, 0.15) is 56.8 Å². The van der Waals surface area contributed by atoms with Crippen LogP contribution in [-0.2, 0) is 14.3 Å². The Kier molecular flexibility index (Phi) is 6.23. The minimum absolute atomic E-state index is 0.0823. The standard InChI is InChI=1S/C20H25NO4/c1-4-5-10-25-19(24)14-6-8-15(9-7-14)21-13-16-17(22)11-20(2,3)12-18(16)23/h6-9,13,16H,4-5,10-12H2,1-3H3. The van der Waals surface area contributed by atoms with Gasteiger partial charge in [0.15, 0.2) is 0 Å². The third-order valence-corrected chi connectivity index (χ3v) is 4.21.